The van der Waals surface area contributed by atoms with Gasteiger partial charge in [0.25, 0.3) is 0 Å². The van der Waals surface area contributed by atoms with E-state index in [9.17, 15) is 4.79 Å². The first-order chi connectivity index (χ1) is 12.5. The minimum absolute atomic E-state index is 0.354. The molecule has 0 unspecified atom stereocenters. The normalized spacial score (nSPS) is 20.5. The van der Waals surface area contributed by atoms with Gasteiger partial charge in [0.1, 0.15) is 5.75 Å². The summed E-state index contributed by atoms with van der Waals surface area (Å²) in [4.78, 5) is 13.9. The zero-order chi connectivity index (χ0) is 18.9. The topological polar surface area (TPSA) is 29.5 Å². The number of hydrogen-bond donors (Lipinski definition) is 0. The highest BCUT2D eigenvalue weighted by Gasteiger charge is 2.22. The van der Waals surface area contributed by atoms with Crippen LogP contribution >= 0.6 is 0 Å². The predicted molar refractivity (Wildman–Crippen MR) is 109 cm³/mol. The van der Waals surface area contributed by atoms with Crippen LogP contribution in [0.1, 0.15) is 56.9 Å². The van der Waals surface area contributed by atoms with Crippen LogP contribution in [-0.4, -0.2) is 31.5 Å². The van der Waals surface area contributed by atoms with E-state index in [0.717, 1.165) is 5.92 Å². The molecule has 0 atom stereocenters. The number of ether oxygens (including phenoxy) is 1. The predicted octanol–water partition coefficient (Wildman–Crippen LogP) is 5.34. The Hall–Kier alpha value is -1.87. The number of hydrogen-bond acceptors (Lipinski definition) is 3. The molecule has 1 saturated carbocycles. The number of benzene rings is 1. The van der Waals surface area contributed by atoms with E-state index in [1.807, 2.05) is 31.1 Å². The standard InChI is InChI=1S/C23H33NO2/c1-5-6-7-8-19-9-11-20(12-10-19)21-13-15-22(16-14-21)26-23(25)18(2)17-24(3)4/h5-6,13-16,19-20H,2,7-12,17H2,1,3-4H3/b6-5+. The van der Waals surface area contributed by atoms with Crippen molar-refractivity contribution < 1.29 is 9.53 Å². The third-order valence-electron chi connectivity index (χ3n) is 5.18. The van der Waals surface area contributed by atoms with Gasteiger partial charge in [-0.25, -0.2) is 4.79 Å². The summed E-state index contributed by atoms with van der Waals surface area (Å²) in [6.45, 7) is 6.40. The van der Waals surface area contributed by atoms with Gasteiger partial charge in [0.15, 0.2) is 0 Å². The molecule has 0 aromatic heterocycles. The molecule has 0 spiro atoms. The van der Waals surface area contributed by atoms with E-state index in [1.165, 1.54) is 44.1 Å². The lowest BCUT2D eigenvalue weighted by molar-refractivity contribution is -0.130. The first-order valence-corrected chi connectivity index (χ1v) is 9.75. The zero-order valence-corrected chi connectivity index (χ0v) is 16.5. The Morgan fingerprint density at radius 1 is 1.19 bits per heavy atom. The summed E-state index contributed by atoms with van der Waals surface area (Å²) in [7, 11) is 3.81. The third-order valence-corrected chi connectivity index (χ3v) is 5.18. The minimum atomic E-state index is -0.354. The van der Waals surface area contributed by atoms with Crippen molar-refractivity contribution in [1.29, 1.82) is 0 Å². The molecule has 1 aliphatic carbocycles. The van der Waals surface area contributed by atoms with E-state index < -0.39 is 0 Å². The molecule has 0 aliphatic heterocycles. The summed E-state index contributed by atoms with van der Waals surface area (Å²) in [5.41, 5.74) is 1.83. The molecule has 0 bridgehead atoms. The van der Waals surface area contributed by atoms with Crippen molar-refractivity contribution in [2.75, 3.05) is 20.6 Å². The van der Waals surface area contributed by atoms with Crippen LogP contribution < -0.4 is 4.74 Å². The van der Waals surface area contributed by atoms with Gasteiger partial charge in [0.2, 0.25) is 0 Å². The highest BCUT2D eigenvalue weighted by molar-refractivity contribution is 5.89. The fraction of sp³-hybridized carbons (Fsp3) is 0.522. The fourth-order valence-electron chi connectivity index (χ4n) is 3.72. The molecule has 26 heavy (non-hydrogen) atoms. The Morgan fingerprint density at radius 2 is 1.85 bits per heavy atom. The second-order valence-corrected chi connectivity index (χ2v) is 7.66. The number of carbonyl (C=O) groups is 1. The molecular weight excluding hydrogens is 322 g/mol. The van der Waals surface area contributed by atoms with Crippen molar-refractivity contribution in [3.63, 3.8) is 0 Å². The van der Waals surface area contributed by atoms with E-state index in [-0.39, 0.29) is 5.97 Å². The summed E-state index contributed by atoms with van der Waals surface area (Å²) in [6.07, 6.45) is 12.1. The highest BCUT2D eigenvalue weighted by atomic mass is 16.5. The van der Waals surface area contributed by atoms with Gasteiger partial charge in [-0.3, -0.25) is 0 Å². The maximum atomic E-state index is 12.0. The molecule has 142 valence electrons. The summed E-state index contributed by atoms with van der Waals surface area (Å²) in [6, 6.07) is 8.05. The third kappa shape index (κ3) is 6.45. The van der Waals surface area contributed by atoms with Crippen LogP contribution in [0.4, 0.5) is 0 Å². The Balaban J connectivity index is 1.82. The fourth-order valence-corrected chi connectivity index (χ4v) is 3.72. The molecule has 0 N–H and O–H groups in total. The summed E-state index contributed by atoms with van der Waals surface area (Å²) >= 11 is 0. The molecule has 1 fully saturated rings. The summed E-state index contributed by atoms with van der Waals surface area (Å²) in [5.74, 6) is 1.76. The largest absolute Gasteiger partial charge is 0.423 e. The van der Waals surface area contributed by atoms with E-state index in [1.54, 1.807) is 0 Å². The number of esters is 1. The van der Waals surface area contributed by atoms with Crippen LogP contribution in [0.15, 0.2) is 48.6 Å². The Morgan fingerprint density at radius 3 is 2.42 bits per heavy atom. The van der Waals surface area contributed by atoms with Crippen molar-refractivity contribution in [2.24, 2.45) is 5.92 Å². The maximum Gasteiger partial charge on any atom is 0.340 e. The zero-order valence-electron chi connectivity index (χ0n) is 16.5. The first-order valence-electron chi connectivity index (χ1n) is 9.75. The molecule has 2 rings (SSSR count). The lowest BCUT2D eigenvalue weighted by Crippen LogP contribution is -2.22. The maximum absolute atomic E-state index is 12.0. The highest BCUT2D eigenvalue weighted by Crippen LogP contribution is 2.37. The van der Waals surface area contributed by atoms with E-state index in [4.69, 9.17) is 4.74 Å². The first kappa shape index (κ1) is 20.4. The Kier molecular flexibility index (Phi) is 8.11. The average molecular weight is 356 g/mol. The molecule has 0 amide bonds. The van der Waals surface area contributed by atoms with Gasteiger partial charge in [-0.05, 0) is 89.1 Å². The average Bonchev–Trinajstić information content (AvgIpc) is 2.62. The SMILES string of the molecule is C=C(CN(C)C)C(=O)Oc1ccc(C2CCC(CC/C=C/C)CC2)cc1. The molecule has 1 aliphatic rings. The molecular formula is C23H33NO2. The second kappa shape index (κ2) is 10.3. The van der Waals surface area contributed by atoms with Crippen LogP contribution in [0.2, 0.25) is 0 Å². The molecule has 0 heterocycles. The van der Waals surface area contributed by atoms with Crippen molar-refractivity contribution in [3.8, 4) is 5.75 Å². The summed E-state index contributed by atoms with van der Waals surface area (Å²) in [5, 5.41) is 0. The summed E-state index contributed by atoms with van der Waals surface area (Å²) < 4.78 is 5.42. The van der Waals surface area contributed by atoms with Gasteiger partial charge >= 0.3 is 5.97 Å². The van der Waals surface area contributed by atoms with Gasteiger partial charge in [-0.15, -0.1) is 0 Å². The van der Waals surface area contributed by atoms with Crippen molar-refractivity contribution in [2.45, 2.75) is 51.4 Å². The smallest absolute Gasteiger partial charge is 0.340 e. The van der Waals surface area contributed by atoms with Crippen LogP contribution in [0.3, 0.4) is 0 Å². The molecule has 3 heteroatoms. The van der Waals surface area contributed by atoms with Crippen molar-refractivity contribution in [3.05, 3.63) is 54.1 Å². The van der Waals surface area contributed by atoms with E-state index >= 15 is 0 Å². The number of likely N-dealkylation sites (N-methyl/N-ethyl adjacent to an activating group) is 1. The molecule has 3 nitrogen and oxygen atoms in total. The minimum Gasteiger partial charge on any atom is -0.423 e. The van der Waals surface area contributed by atoms with Gasteiger partial charge < -0.3 is 9.64 Å². The van der Waals surface area contributed by atoms with Crippen molar-refractivity contribution in [1.82, 2.24) is 4.90 Å². The van der Waals surface area contributed by atoms with Crippen LogP contribution in [0.25, 0.3) is 0 Å². The number of nitrogens with zero attached hydrogens (tertiary/aromatic N) is 1. The van der Waals surface area contributed by atoms with E-state index in [0.29, 0.717) is 23.8 Å². The Labute approximate surface area is 158 Å². The van der Waals surface area contributed by atoms with Gasteiger partial charge in [-0.1, -0.05) is 30.9 Å². The molecule has 0 radical (unpaired) electrons. The van der Waals surface area contributed by atoms with Gasteiger partial charge in [-0.2, -0.15) is 0 Å². The number of rotatable bonds is 8. The van der Waals surface area contributed by atoms with Gasteiger partial charge in [0.05, 0.1) is 0 Å². The quantitative estimate of drug-likeness (QED) is 0.273. The molecule has 1 aromatic carbocycles. The van der Waals surface area contributed by atoms with Crippen LogP contribution in [-0.2, 0) is 4.79 Å². The van der Waals surface area contributed by atoms with Crippen LogP contribution in [0.5, 0.6) is 5.75 Å². The van der Waals surface area contributed by atoms with Crippen molar-refractivity contribution >= 4 is 5.97 Å². The second-order valence-electron chi connectivity index (χ2n) is 7.66. The molecule has 1 aromatic rings. The lowest BCUT2D eigenvalue weighted by atomic mass is 9.77. The van der Waals surface area contributed by atoms with E-state index in [2.05, 4.69) is 37.8 Å². The van der Waals surface area contributed by atoms with Crippen LogP contribution in [0, 0.1) is 5.92 Å². The van der Waals surface area contributed by atoms with Gasteiger partial charge in [0, 0.05) is 12.1 Å². The lowest BCUT2D eigenvalue weighted by Gasteiger charge is -2.28. The number of allylic oxidation sites excluding steroid dienone is 2. The monoisotopic (exact) mass is 355 g/mol. The number of carbonyl (C=O) groups excluding carboxylic acids is 1. The Bertz CT molecular complexity index is 608. The molecule has 0 saturated heterocycles.